The first-order chi connectivity index (χ1) is 15.6. The zero-order valence-corrected chi connectivity index (χ0v) is 19.4. The highest BCUT2D eigenvalue weighted by atomic mass is 32.2. The first-order valence-electron chi connectivity index (χ1n) is 11.2. The van der Waals surface area contributed by atoms with Crippen LogP contribution in [0.4, 0.5) is 0 Å². The van der Waals surface area contributed by atoms with Gasteiger partial charge in [-0.1, -0.05) is 67.6 Å². The quantitative estimate of drug-likeness (QED) is 0.458. The van der Waals surface area contributed by atoms with E-state index in [0.717, 1.165) is 34.9 Å². The summed E-state index contributed by atoms with van der Waals surface area (Å²) >= 11 is 1.74. The maximum atomic E-state index is 13.5. The average molecular weight is 448 g/mol. The van der Waals surface area contributed by atoms with Crippen LogP contribution in [0.15, 0.2) is 83.2 Å². The Bertz CT molecular complexity index is 1040. The summed E-state index contributed by atoms with van der Waals surface area (Å²) in [6.45, 7) is 4.36. The maximum absolute atomic E-state index is 13.5. The minimum absolute atomic E-state index is 0.0980. The summed E-state index contributed by atoms with van der Waals surface area (Å²) in [6, 6.07) is 20.0. The van der Waals surface area contributed by atoms with Crippen LogP contribution in [0.25, 0.3) is 0 Å². The van der Waals surface area contributed by atoms with Crippen molar-refractivity contribution < 1.29 is 14.3 Å². The van der Waals surface area contributed by atoms with Crippen LogP contribution in [-0.2, 0) is 14.3 Å². The lowest BCUT2D eigenvalue weighted by Gasteiger charge is -2.36. The Morgan fingerprint density at radius 2 is 1.69 bits per heavy atom. The number of hydrogen-bond acceptors (Lipinski definition) is 5. The van der Waals surface area contributed by atoms with Gasteiger partial charge in [-0.3, -0.25) is 4.79 Å². The van der Waals surface area contributed by atoms with Crippen LogP contribution in [-0.4, -0.2) is 29.9 Å². The molecule has 2 aliphatic rings. The van der Waals surface area contributed by atoms with E-state index in [9.17, 15) is 9.59 Å². The molecule has 1 heterocycles. The van der Waals surface area contributed by atoms with Gasteiger partial charge in [-0.15, -0.1) is 0 Å². The molecule has 2 aromatic carbocycles. The second-order valence-electron chi connectivity index (χ2n) is 8.17. The van der Waals surface area contributed by atoms with Crippen molar-refractivity contribution >= 4 is 23.5 Å². The summed E-state index contributed by atoms with van der Waals surface area (Å²) in [5, 5.41) is 3.41. The van der Waals surface area contributed by atoms with Crippen LogP contribution in [0.5, 0.6) is 0 Å². The molecule has 2 aromatic rings. The molecule has 166 valence electrons. The molecular weight excluding hydrogens is 418 g/mol. The topological polar surface area (TPSA) is 55.4 Å². The number of benzene rings is 2. The molecule has 0 aromatic heterocycles. The molecule has 0 saturated heterocycles. The second kappa shape index (κ2) is 10.2. The number of hydrogen-bond donors (Lipinski definition) is 1. The van der Waals surface area contributed by atoms with Crippen molar-refractivity contribution in [1.82, 2.24) is 5.32 Å². The Kier molecular flexibility index (Phi) is 7.15. The predicted octanol–water partition coefficient (Wildman–Crippen LogP) is 5.34. The smallest absolute Gasteiger partial charge is 0.336 e. The van der Waals surface area contributed by atoms with Gasteiger partial charge in [0.1, 0.15) is 6.61 Å². The Hall–Kier alpha value is -2.79. The molecule has 4 rings (SSSR count). The van der Waals surface area contributed by atoms with E-state index < -0.39 is 5.92 Å². The van der Waals surface area contributed by atoms with Crippen molar-refractivity contribution in [2.75, 3.05) is 18.1 Å². The van der Waals surface area contributed by atoms with E-state index in [4.69, 9.17) is 4.74 Å². The monoisotopic (exact) mass is 447 g/mol. The number of ketones is 1. The highest BCUT2D eigenvalue weighted by molar-refractivity contribution is 7.99. The van der Waals surface area contributed by atoms with Crippen molar-refractivity contribution in [2.45, 2.75) is 38.5 Å². The van der Waals surface area contributed by atoms with Gasteiger partial charge in [0.2, 0.25) is 0 Å². The molecule has 0 radical (unpaired) electrons. The average Bonchev–Trinajstić information content (AvgIpc) is 2.82. The lowest BCUT2D eigenvalue weighted by Crippen LogP contribution is -2.36. The summed E-state index contributed by atoms with van der Waals surface area (Å²) < 4.78 is 5.62. The number of ether oxygens (including phenoxy) is 1. The molecule has 4 nitrogen and oxygen atoms in total. The summed E-state index contributed by atoms with van der Waals surface area (Å²) in [5.41, 5.74) is 5.08. The van der Waals surface area contributed by atoms with Crippen molar-refractivity contribution in [3.63, 3.8) is 0 Å². The minimum Gasteiger partial charge on any atom is -0.461 e. The van der Waals surface area contributed by atoms with Gasteiger partial charge in [-0.25, -0.2) is 4.79 Å². The van der Waals surface area contributed by atoms with E-state index in [1.165, 1.54) is 5.56 Å². The second-order valence-corrected chi connectivity index (χ2v) is 9.57. The van der Waals surface area contributed by atoms with Gasteiger partial charge in [0.25, 0.3) is 0 Å². The molecule has 0 spiro atoms. The molecule has 0 fully saturated rings. The van der Waals surface area contributed by atoms with Gasteiger partial charge in [-0.05, 0) is 36.1 Å². The van der Waals surface area contributed by atoms with Crippen molar-refractivity contribution in [1.29, 1.82) is 0 Å². The fourth-order valence-corrected chi connectivity index (χ4v) is 5.15. The van der Waals surface area contributed by atoms with Gasteiger partial charge in [-0.2, -0.15) is 11.8 Å². The van der Waals surface area contributed by atoms with Crippen LogP contribution in [0, 0.1) is 0 Å². The molecule has 0 amide bonds. The molecule has 1 aliphatic heterocycles. The summed E-state index contributed by atoms with van der Waals surface area (Å²) in [7, 11) is 0. The van der Waals surface area contributed by atoms with E-state index in [2.05, 4.69) is 24.4 Å². The van der Waals surface area contributed by atoms with E-state index in [1.54, 1.807) is 11.8 Å². The standard InChI is InChI=1S/C27H29NO3S/c1-3-32-15-14-31-27(30)24-18(2)28-22-16-21(19-10-6-4-7-11-19)17-23(29)26(22)25(24)20-12-8-5-9-13-20/h4-13,21,25,28H,3,14-17H2,1-2H3/t21-,25-/m1/s1. The number of nitrogens with one attached hydrogen (secondary N) is 1. The predicted molar refractivity (Wildman–Crippen MR) is 129 cm³/mol. The first-order valence-corrected chi connectivity index (χ1v) is 12.3. The van der Waals surface area contributed by atoms with Gasteiger partial charge < -0.3 is 10.1 Å². The van der Waals surface area contributed by atoms with E-state index in [1.807, 2.05) is 55.5 Å². The summed E-state index contributed by atoms with van der Waals surface area (Å²) in [5.74, 6) is 1.25. The number of esters is 1. The molecule has 32 heavy (non-hydrogen) atoms. The molecule has 1 aliphatic carbocycles. The van der Waals surface area contributed by atoms with Gasteiger partial charge in [0, 0.05) is 35.1 Å². The van der Waals surface area contributed by atoms with E-state index in [-0.39, 0.29) is 17.7 Å². The Balaban J connectivity index is 1.69. The van der Waals surface area contributed by atoms with Crippen LogP contribution in [0.2, 0.25) is 0 Å². The largest absolute Gasteiger partial charge is 0.461 e. The molecule has 1 N–H and O–H groups in total. The first kappa shape index (κ1) is 22.4. The normalized spacial score (nSPS) is 20.6. The van der Waals surface area contributed by atoms with Crippen LogP contribution in [0.1, 0.15) is 49.7 Å². The lowest BCUT2D eigenvalue weighted by molar-refractivity contribution is -0.138. The van der Waals surface area contributed by atoms with Gasteiger partial charge in [0.15, 0.2) is 5.78 Å². The third-order valence-electron chi connectivity index (χ3n) is 6.12. The fourth-order valence-electron chi connectivity index (χ4n) is 4.66. The number of Topliss-reactive ketones (excluding diaryl/α,β-unsaturated/α-hetero) is 1. The van der Waals surface area contributed by atoms with E-state index in [0.29, 0.717) is 24.2 Å². The molecular formula is C27H29NO3S. The Morgan fingerprint density at radius 1 is 1.03 bits per heavy atom. The summed E-state index contributed by atoms with van der Waals surface area (Å²) in [4.78, 5) is 26.7. The van der Waals surface area contributed by atoms with Gasteiger partial charge in [0.05, 0.1) is 5.57 Å². The number of dihydropyridines is 1. The maximum Gasteiger partial charge on any atom is 0.336 e. The van der Waals surface area contributed by atoms with Crippen LogP contribution >= 0.6 is 11.8 Å². The Morgan fingerprint density at radius 3 is 2.34 bits per heavy atom. The minimum atomic E-state index is -0.400. The lowest BCUT2D eigenvalue weighted by atomic mass is 9.72. The fraction of sp³-hybridized carbons (Fsp3) is 0.333. The molecule has 0 saturated carbocycles. The van der Waals surface area contributed by atoms with Crippen molar-refractivity contribution in [2.24, 2.45) is 0 Å². The number of carbonyl (C=O) groups excluding carboxylic acids is 2. The van der Waals surface area contributed by atoms with Crippen molar-refractivity contribution in [3.05, 3.63) is 94.3 Å². The van der Waals surface area contributed by atoms with Gasteiger partial charge >= 0.3 is 5.97 Å². The van der Waals surface area contributed by atoms with Crippen molar-refractivity contribution in [3.8, 4) is 0 Å². The summed E-state index contributed by atoms with van der Waals surface area (Å²) in [6.07, 6.45) is 1.20. The Labute approximate surface area is 194 Å². The number of allylic oxidation sites excluding steroid dienone is 3. The number of carbonyl (C=O) groups is 2. The zero-order chi connectivity index (χ0) is 22.5. The SMILES string of the molecule is CCSCCOC(=O)C1=C(C)NC2=C(C(=O)C[C@H](c3ccccc3)C2)[C@@H]1c1ccccc1. The highest BCUT2D eigenvalue weighted by Gasteiger charge is 2.41. The third kappa shape index (κ3) is 4.68. The number of thioether (sulfide) groups is 1. The molecule has 5 heteroatoms. The highest BCUT2D eigenvalue weighted by Crippen LogP contribution is 2.45. The number of rotatable bonds is 7. The van der Waals surface area contributed by atoms with Crippen LogP contribution in [0.3, 0.4) is 0 Å². The van der Waals surface area contributed by atoms with E-state index >= 15 is 0 Å². The molecule has 2 atom stereocenters. The zero-order valence-electron chi connectivity index (χ0n) is 18.6. The molecule has 0 unspecified atom stereocenters. The third-order valence-corrected chi connectivity index (χ3v) is 6.98. The molecule has 0 bridgehead atoms. The van der Waals surface area contributed by atoms with Crippen LogP contribution < -0.4 is 5.32 Å².